The van der Waals surface area contributed by atoms with Crippen molar-refractivity contribution in [2.24, 2.45) is 0 Å². The number of aromatic carboxylic acids is 1. The highest BCUT2D eigenvalue weighted by Crippen LogP contribution is 2.40. The Morgan fingerprint density at radius 3 is 1.71 bits per heavy atom. The lowest BCUT2D eigenvalue weighted by atomic mass is 10.1. The van der Waals surface area contributed by atoms with Crippen LogP contribution in [0.5, 0.6) is 23.0 Å². The van der Waals surface area contributed by atoms with Gasteiger partial charge in [-0.1, -0.05) is 19.1 Å². The van der Waals surface area contributed by atoms with Crippen LogP contribution in [0.3, 0.4) is 0 Å². The van der Waals surface area contributed by atoms with E-state index in [1.54, 1.807) is 25.1 Å². The number of rotatable bonds is 16. The molecule has 0 spiro atoms. The maximum absolute atomic E-state index is 13.3. The minimum atomic E-state index is -1.43. The van der Waals surface area contributed by atoms with Gasteiger partial charge in [0.2, 0.25) is 5.91 Å². The summed E-state index contributed by atoms with van der Waals surface area (Å²) in [4.78, 5) is 76.8. The number of hydrogen-bond acceptors (Lipinski definition) is 11. The van der Waals surface area contributed by atoms with E-state index in [9.17, 15) is 53.7 Å². The smallest absolute Gasteiger partial charge is 0.339 e. The van der Waals surface area contributed by atoms with Crippen molar-refractivity contribution in [3.8, 4) is 29.1 Å². The van der Waals surface area contributed by atoms with E-state index in [1.165, 1.54) is 86.0 Å². The number of carboxylic acids is 1. The molecule has 8 N–H and O–H groups in total. The van der Waals surface area contributed by atoms with Gasteiger partial charge in [-0.05, 0) is 103 Å². The van der Waals surface area contributed by atoms with Crippen molar-refractivity contribution in [1.29, 1.82) is 5.26 Å². The van der Waals surface area contributed by atoms with Gasteiger partial charge in [0.05, 0.1) is 43.6 Å². The molecule has 0 aliphatic heterocycles. The van der Waals surface area contributed by atoms with Crippen molar-refractivity contribution in [3.05, 3.63) is 136 Å². The zero-order chi connectivity index (χ0) is 45.8. The molecular formula is C45H39FN6O11. The van der Waals surface area contributed by atoms with Gasteiger partial charge >= 0.3 is 5.97 Å². The number of ether oxygens (including phenoxy) is 2. The molecule has 322 valence electrons. The van der Waals surface area contributed by atoms with Gasteiger partial charge in [-0.25, -0.2) is 9.18 Å². The Kier molecular flexibility index (Phi) is 14.8. The second-order valence-electron chi connectivity index (χ2n) is 13.4. The first-order valence-corrected chi connectivity index (χ1v) is 18.8. The number of carbonyl (C=O) groups excluding carboxylic acids is 5. The minimum absolute atomic E-state index is 0.0225. The van der Waals surface area contributed by atoms with Crippen LogP contribution in [0.25, 0.3) is 6.08 Å². The molecule has 5 aromatic rings. The SMILES string of the molecule is CC/C(=C\c1ccc(F)cc1)C(=O)Nc1ccc(C(=O)N[C@@H](CC#N)C(=O)Nc2ccc(C(=O)Nc3ccc(C(=O)Nc4ccc(C(=O)O)c(O)c4OC)c(O)c3OC)cc2)cc1. The fourth-order valence-electron chi connectivity index (χ4n) is 5.97. The van der Waals surface area contributed by atoms with Gasteiger partial charge in [0.25, 0.3) is 23.6 Å². The topological polar surface area (TPSA) is 266 Å². The van der Waals surface area contributed by atoms with Crippen LogP contribution in [-0.2, 0) is 9.59 Å². The molecule has 0 aliphatic rings. The molecule has 0 bridgehead atoms. The Morgan fingerprint density at radius 2 is 1.19 bits per heavy atom. The summed E-state index contributed by atoms with van der Waals surface area (Å²) in [6, 6.07) is 22.4. The average Bonchev–Trinajstić information content (AvgIpc) is 3.26. The molecule has 0 fully saturated rings. The van der Waals surface area contributed by atoms with Gasteiger partial charge in [0.1, 0.15) is 17.4 Å². The zero-order valence-corrected chi connectivity index (χ0v) is 33.7. The second-order valence-corrected chi connectivity index (χ2v) is 13.4. The number of amides is 5. The number of benzene rings is 5. The number of nitrogens with one attached hydrogen (secondary N) is 5. The number of nitrogens with zero attached hydrogens (tertiary/aromatic N) is 1. The number of anilines is 4. The summed E-state index contributed by atoms with van der Waals surface area (Å²) in [6.07, 6.45) is 1.67. The summed E-state index contributed by atoms with van der Waals surface area (Å²) in [6.45, 7) is 1.80. The van der Waals surface area contributed by atoms with E-state index < -0.39 is 58.5 Å². The molecule has 0 saturated carbocycles. The van der Waals surface area contributed by atoms with Gasteiger partial charge < -0.3 is 51.4 Å². The molecule has 17 nitrogen and oxygen atoms in total. The van der Waals surface area contributed by atoms with Gasteiger partial charge in [-0.2, -0.15) is 5.26 Å². The van der Waals surface area contributed by atoms with Crippen LogP contribution >= 0.6 is 0 Å². The molecule has 5 rings (SSSR count). The third kappa shape index (κ3) is 11.1. The highest BCUT2D eigenvalue weighted by Gasteiger charge is 2.25. The predicted molar refractivity (Wildman–Crippen MR) is 228 cm³/mol. The maximum atomic E-state index is 13.3. The zero-order valence-electron chi connectivity index (χ0n) is 33.7. The molecule has 1 atom stereocenters. The largest absolute Gasteiger partial charge is 0.504 e. The summed E-state index contributed by atoms with van der Waals surface area (Å²) in [5, 5.41) is 52.7. The number of nitriles is 1. The molecule has 5 aromatic carbocycles. The summed E-state index contributed by atoms with van der Waals surface area (Å²) in [5.41, 5.74) is 1.06. The van der Waals surface area contributed by atoms with E-state index in [4.69, 9.17) is 9.47 Å². The molecule has 0 radical (unpaired) electrons. The number of halogens is 1. The number of aromatic hydroxyl groups is 2. The monoisotopic (exact) mass is 858 g/mol. The van der Waals surface area contributed by atoms with E-state index in [0.29, 0.717) is 23.2 Å². The quantitative estimate of drug-likeness (QED) is 0.0492. The van der Waals surface area contributed by atoms with Crippen molar-refractivity contribution < 1.29 is 58.0 Å². The molecule has 0 aromatic heterocycles. The lowest BCUT2D eigenvalue weighted by Crippen LogP contribution is -2.43. The molecule has 5 amide bonds. The van der Waals surface area contributed by atoms with Crippen LogP contribution in [-0.4, -0.2) is 71.1 Å². The predicted octanol–water partition coefficient (Wildman–Crippen LogP) is 6.54. The number of methoxy groups -OCH3 is 2. The number of phenolic OH excluding ortho intramolecular Hbond substituents is 1. The van der Waals surface area contributed by atoms with Gasteiger partial charge in [-0.3, -0.25) is 24.0 Å². The van der Waals surface area contributed by atoms with Crippen LogP contribution in [0, 0.1) is 17.1 Å². The standard InChI is InChI=1S/C45H39FN6O11/c1-4-25(23-24-5-11-28(46)12-6-24)40(55)48-29-13-7-27(8-14-29)42(57)52-35(21-22-47)44(59)49-30-15-9-26(10-16-30)41(56)50-33-19-17-31(36(53)38(33)62-2)43(58)51-34-20-18-32(45(60)61)37(54)39(34)63-3/h5-20,23,35,53-54H,4,21H2,1-3H3,(H,48,55)(H,49,59)(H,50,56)(H,51,58)(H,52,57)(H,60,61)/b25-23+/t35-/m0/s1. The van der Waals surface area contributed by atoms with Crippen LogP contribution in [0.1, 0.15) is 66.8 Å². The Labute approximate surface area is 358 Å². The molecule has 63 heavy (non-hydrogen) atoms. The first kappa shape index (κ1) is 45.4. The van der Waals surface area contributed by atoms with Crippen LogP contribution in [0.2, 0.25) is 0 Å². The van der Waals surface area contributed by atoms with Crippen molar-refractivity contribution in [3.63, 3.8) is 0 Å². The minimum Gasteiger partial charge on any atom is -0.504 e. The van der Waals surface area contributed by atoms with E-state index in [1.807, 2.05) is 6.07 Å². The van der Waals surface area contributed by atoms with Crippen LogP contribution in [0.4, 0.5) is 27.1 Å². The van der Waals surface area contributed by atoms with E-state index >= 15 is 0 Å². The number of phenols is 2. The molecule has 0 heterocycles. The Hall–Kier alpha value is -8.72. The molecule has 0 aliphatic carbocycles. The van der Waals surface area contributed by atoms with Crippen molar-refractivity contribution in [1.82, 2.24) is 5.32 Å². The fraction of sp³-hybridized carbons (Fsp3) is 0.133. The van der Waals surface area contributed by atoms with E-state index in [2.05, 4.69) is 26.6 Å². The average molecular weight is 859 g/mol. The van der Waals surface area contributed by atoms with Gasteiger partial charge in [0.15, 0.2) is 23.0 Å². The number of carbonyl (C=O) groups is 6. The van der Waals surface area contributed by atoms with Crippen molar-refractivity contribution >= 4 is 64.3 Å². The maximum Gasteiger partial charge on any atom is 0.339 e. The molecule has 0 unspecified atom stereocenters. The first-order valence-electron chi connectivity index (χ1n) is 18.8. The third-order valence-corrected chi connectivity index (χ3v) is 9.26. The lowest BCUT2D eigenvalue weighted by Gasteiger charge is -2.17. The Balaban J connectivity index is 1.19. The lowest BCUT2D eigenvalue weighted by molar-refractivity contribution is -0.118. The van der Waals surface area contributed by atoms with Crippen LogP contribution in [0.15, 0.2) is 103 Å². The van der Waals surface area contributed by atoms with E-state index in [-0.39, 0.29) is 57.6 Å². The van der Waals surface area contributed by atoms with Gasteiger partial charge in [0, 0.05) is 28.1 Å². The van der Waals surface area contributed by atoms with Crippen LogP contribution < -0.4 is 36.1 Å². The van der Waals surface area contributed by atoms with Gasteiger partial charge in [-0.15, -0.1) is 0 Å². The second kappa shape index (κ2) is 20.5. The number of carboxylic acid groups (broad SMARTS) is 1. The molecular weight excluding hydrogens is 820 g/mol. The highest BCUT2D eigenvalue weighted by atomic mass is 19.1. The normalized spacial score (nSPS) is 11.3. The number of hydrogen-bond donors (Lipinski definition) is 8. The summed E-state index contributed by atoms with van der Waals surface area (Å²) < 4.78 is 23.6. The third-order valence-electron chi connectivity index (χ3n) is 9.26. The fourth-order valence-corrected chi connectivity index (χ4v) is 5.97. The Bertz CT molecular complexity index is 2640. The highest BCUT2D eigenvalue weighted by molar-refractivity contribution is 6.11. The van der Waals surface area contributed by atoms with Crippen molar-refractivity contribution in [2.75, 3.05) is 35.5 Å². The molecule has 18 heteroatoms. The first-order chi connectivity index (χ1) is 30.2. The van der Waals surface area contributed by atoms with E-state index in [0.717, 1.165) is 13.2 Å². The Morgan fingerprint density at radius 1 is 0.683 bits per heavy atom. The van der Waals surface area contributed by atoms with Crippen molar-refractivity contribution in [2.45, 2.75) is 25.8 Å². The summed E-state index contributed by atoms with van der Waals surface area (Å²) in [7, 11) is 2.35. The summed E-state index contributed by atoms with van der Waals surface area (Å²) in [5.74, 6) is -7.14. The molecule has 0 saturated heterocycles. The summed E-state index contributed by atoms with van der Waals surface area (Å²) >= 11 is 0.